The summed E-state index contributed by atoms with van der Waals surface area (Å²) in [5.74, 6) is 0.0420. The first-order chi connectivity index (χ1) is 21.1. The molecule has 0 radical (unpaired) electrons. The summed E-state index contributed by atoms with van der Waals surface area (Å²) < 4.78 is 11.4. The molecule has 0 aromatic heterocycles. The van der Waals surface area contributed by atoms with Gasteiger partial charge in [0.1, 0.15) is 13.2 Å². The van der Waals surface area contributed by atoms with Crippen LogP contribution in [0.15, 0.2) is 0 Å². The quantitative estimate of drug-likeness (QED) is 0.0581. The van der Waals surface area contributed by atoms with Gasteiger partial charge in [-0.25, -0.2) is 0 Å². The van der Waals surface area contributed by atoms with E-state index >= 15 is 0 Å². The monoisotopic (exact) mass is 610 g/mol. The second kappa shape index (κ2) is 33.8. The Labute approximate surface area is 268 Å². The van der Waals surface area contributed by atoms with E-state index in [1.807, 2.05) is 0 Å². The summed E-state index contributed by atoms with van der Waals surface area (Å²) >= 11 is 0. The number of nitrogens with one attached hydrogen (secondary N) is 1. The molecule has 5 heteroatoms. The topological polar surface area (TPSA) is 64.6 Å². The molecule has 0 aliphatic carbocycles. The third kappa shape index (κ3) is 28.1. The standard InChI is InChI=1S/C38H75NO4/c1-5-9-13-17-18-22-26-30-36(29-25-21-16-12-8-4)38(41)43-34-32-39-31-33-42-37(40)35(27-23-19-14-10-6-2)28-24-20-15-11-7-3/h35-36,39H,5-34H2,1-4H3. The van der Waals surface area contributed by atoms with Crippen LogP contribution in [0, 0.1) is 11.8 Å². The van der Waals surface area contributed by atoms with Crippen LogP contribution in [-0.2, 0) is 19.1 Å². The molecular weight excluding hydrogens is 534 g/mol. The molecule has 5 nitrogen and oxygen atoms in total. The number of esters is 2. The van der Waals surface area contributed by atoms with Crippen LogP contribution in [0.3, 0.4) is 0 Å². The van der Waals surface area contributed by atoms with E-state index in [0.29, 0.717) is 26.3 Å². The van der Waals surface area contributed by atoms with Crippen LogP contribution in [0.1, 0.15) is 195 Å². The second-order valence-electron chi connectivity index (χ2n) is 13.0. The largest absolute Gasteiger partial charge is 0.464 e. The molecule has 0 saturated carbocycles. The van der Waals surface area contributed by atoms with Crippen LogP contribution in [0.2, 0.25) is 0 Å². The second-order valence-corrected chi connectivity index (χ2v) is 13.0. The summed E-state index contributed by atoms with van der Waals surface area (Å²) in [5.41, 5.74) is 0. The Bertz CT molecular complexity index is 582. The fraction of sp³-hybridized carbons (Fsp3) is 0.947. The van der Waals surface area contributed by atoms with Gasteiger partial charge in [-0.05, 0) is 25.7 Å². The van der Waals surface area contributed by atoms with Gasteiger partial charge in [0.2, 0.25) is 0 Å². The van der Waals surface area contributed by atoms with E-state index in [1.165, 1.54) is 116 Å². The highest BCUT2D eigenvalue weighted by Gasteiger charge is 2.20. The number of unbranched alkanes of at least 4 members (excludes halogenated alkanes) is 18. The van der Waals surface area contributed by atoms with E-state index in [9.17, 15) is 9.59 Å². The van der Waals surface area contributed by atoms with Crippen molar-refractivity contribution in [1.82, 2.24) is 5.32 Å². The smallest absolute Gasteiger partial charge is 0.308 e. The number of hydrogen-bond donors (Lipinski definition) is 1. The van der Waals surface area contributed by atoms with E-state index in [1.54, 1.807) is 0 Å². The van der Waals surface area contributed by atoms with E-state index in [4.69, 9.17) is 9.47 Å². The first kappa shape index (κ1) is 41.9. The number of ether oxygens (including phenoxy) is 2. The maximum Gasteiger partial charge on any atom is 0.308 e. The molecule has 0 fully saturated rings. The number of carbonyl (C=O) groups excluding carboxylic acids is 2. The van der Waals surface area contributed by atoms with Gasteiger partial charge < -0.3 is 14.8 Å². The lowest BCUT2D eigenvalue weighted by molar-refractivity contribution is -0.149. The van der Waals surface area contributed by atoms with Crippen LogP contribution in [0.5, 0.6) is 0 Å². The van der Waals surface area contributed by atoms with Crippen molar-refractivity contribution in [3.05, 3.63) is 0 Å². The van der Waals surface area contributed by atoms with Gasteiger partial charge in [0.25, 0.3) is 0 Å². The Morgan fingerprint density at radius 2 is 0.674 bits per heavy atom. The van der Waals surface area contributed by atoms with Crippen molar-refractivity contribution in [2.24, 2.45) is 11.8 Å². The molecular formula is C38H75NO4. The lowest BCUT2D eigenvalue weighted by atomic mass is 9.94. The van der Waals surface area contributed by atoms with E-state index in [0.717, 1.165) is 51.4 Å². The van der Waals surface area contributed by atoms with Gasteiger partial charge in [0.15, 0.2) is 0 Å². The van der Waals surface area contributed by atoms with Crippen molar-refractivity contribution >= 4 is 11.9 Å². The van der Waals surface area contributed by atoms with Crippen molar-refractivity contribution in [3.8, 4) is 0 Å². The molecule has 0 aromatic carbocycles. The molecule has 0 amide bonds. The minimum atomic E-state index is -0.0219. The molecule has 0 heterocycles. The van der Waals surface area contributed by atoms with Gasteiger partial charge in [-0.15, -0.1) is 0 Å². The van der Waals surface area contributed by atoms with Gasteiger partial charge in [-0.2, -0.15) is 0 Å². The van der Waals surface area contributed by atoms with Crippen LogP contribution in [-0.4, -0.2) is 38.2 Å². The fourth-order valence-electron chi connectivity index (χ4n) is 5.90. The summed E-state index contributed by atoms with van der Waals surface area (Å²) in [6.07, 6.45) is 31.1. The number of hydrogen-bond acceptors (Lipinski definition) is 5. The average molecular weight is 610 g/mol. The molecule has 256 valence electrons. The molecule has 0 saturated heterocycles. The van der Waals surface area contributed by atoms with Crippen molar-refractivity contribution in [1.29, 1.82) is 0 Å². The summed E-state index contributed by atoms with van der Waals surface area (Å²) in [6.45, 7) is 10.9. The van der Waals surface area contributed by atoms with Crippen LogP contribution in [0.4, 0.5) is 0 Å². The van der Waals surface area contributed by atoms with Crippen molar-refractivity contribution < 1.29 is 19.1 Å². The van der Waals surface area contributed by atoms with Crippen molar-refractivity contribution in [2.45, 2.75) is 195 Å². The third-order valence-corrected chi connectivity index (χ3v) is 8.84. The molecule has 0 aliphatic rings. The summed E-state index contributed by atoms with van der Waals surface area (Å²) in [5, 5.41) is 3.30. The lowest BCUT2D eigenvalue weighted by Crippen LogP contribution is -2.28. The summed E-state index contributed by atoms with van der Waals surface area (Å²) in [7, 11) is 0. The first-order valence-corrected chi connectivity index (χ1v) is 19.1. The van der Waals surface area contributed by atoms with Gasteiger partial charge in [-0.1, -0.05) is 169 Å². The Hall–Kier alpha value is -1.10. The molecule has 1 N–H and O–H groups in total. The Kier molecular flexibility index (Phi) is 32.9. The SMILES string of the molecule is CCCCCCCCCC(CCCCCCC)C(=O)OCCNCCOC(=O)C(CCCCCCC)CCCCCCC. The molecule has 0 rings (SSSR count). The zero-order valence-electron chi connectivity index (χ0n) is 29.5. The highest BCUT2D eigenvalue weighted by Crippen LogP contribution is 2.22. The number of rotatable bonds is 34. The maximum absolute atomic E-state index is 12.9. The van der Waals surface area contributed by atoms with E-state index in [2.05, 4.69) is 33.0 Å². The Balaban J connectivity index is 4.32. The maximum atomic E-state index is 12.9. The molecule has 0 aromatic rings. The van der Waals surface area contributed by atoms with Crippen molar-refractivity contribution in [3.63, 3.8) is 0 Å². The highest BCUT2D eigenvalue weighted by atomic mass is 16.5. The molecule has 43 heavy (non-hydrogen) atoms. The predicted octanol–water partition coefficient (Wildman–Crippen LogP) is 11.1. The van der Waals surface area contributed by atoms with Crippen LogP contribution >= 0.6 is 0 Å². The summed E-state index contributed by atoms with van der Waals surface area (Å²) in [4.78, 5) is 25.7. The minimum Gasteiger partial charge on any atom is -0.464 e. The minimum absolute atomic E-state index is 0.0181. The van der Waals surface area contributed by atoms with Crippen molar-refractivity contribution in [2.75, 3.05) is 26.3 Å². The van der Waals surface area contributed by atoms with Gasteiger partial charge in [-0.3, -0.25) is 9.59 Å². The van der Waals surface area contributed by atoms with Gasteiger partial charge in [0.05, 0.1) is 11.8 Å². The zero-order valence-corrected chi connectivity index (χ0v) is 29.5. The zero-order chi connectivity index (χ0) is 31.6. The molecule has 1 unspecified atom stereocenters. The Morgan fingerprint density at radius 1 is 0.419 bits per heavy atom. The summed E-state index contributed by atoms with van der Waals surface area (Å²) in [6, 6.07) is 0. The van der Waals surface area contributed by atoms with Crippen LogP contribution < -0.4 is 5.32 Å². The van der Waals surface area contributed by atoms with Gasteiger partial charge >= 0.3 is 11.9 Å². The highest BCUT2D eigenvalue weighted by molar-refractivity contribution is 5.72. The molecule has 0 bridgehead atoms. The fourth-order valence-corrected chi connectivity index (χ4v) is 5.90. The predicted molar refractivity (Wildman–Crippen MR) is 185 cm³/mol. The van der Waals surface area contributed by atoms with E-state index in [-0.39, 0.29) is 23.8 Å². The third-order valence-electron chi connectivity index (χ3n) is 8.84. The average Bonchev–Trinajstić information content (AvgIpc) is 3.01. The van der Waals surface area contributed by atoms with Crippen LogP contribution in [0.25, 0.3) is 0 Å². The lowest BCUT2D eigenvalue weighted by Gasteiger charge is -2.17. The molecule has 0 aliphatic heterocycles. The Morgan fingerprint density at radius 3 is 0.953 bits per heavy atom. The first-order valence-electron chi connectivity index (χ1n) is 19.1. The van der Waals surface area contributed by atoms with Gasteiger partial charge in [0, 0.05) is 13.1 Å². The van der Waals surface area contributed by atoms with E-state index < -0.39 is 0 Å². The number of carbonyl (C=O) groups is 2. The molecule has 1 atom stereocenters. The normalized spacial score (nSPS) is 12.1. The molecule has 0 spiro atoms.